The molecule has 5 nitrogen and oxygen atoms in total. The lowest BCUT2D eigenvalue weighted by Gasteiger charge is -2.27. The molecule has 2 atom stereocenters. The standard InChI is InChI=1S/C22H40O5/c1-5-16-22(18(4)20(23)27-21(22)24)17-14-12-10-8-9-11-13-15-19(25-6-2)26-7-3/h18-19H,5-17H2,1-4H3. The summed E-state index contributed by atoms with van der Waals surface area (Å²) in [6, 6.07) is 0. The minimum absolute atomic E-state index is 0.0503. The van der Waals surface area contributed by atoms with Gasteiger partial charge >= 0.3 is 11.9 Å². The summed E-state index contributed by atoms with van der Waals surface area (Å²) >= 11 is 0. The Morgan fingerprint density at radius 1 is 0.889 bits per heavy atom. The maximum atomic E-state index is 12.2. The Balaban J connectivity index is 2.16. The van der Waals surface area contributed by atoms with Crippen LogP contribution in [-0.4, -0.2) is 31.4 Å². The zero-order valence-corrected chi connectivity index (χ0v) is 17.9. The van der Waals surface area contributed by atoms with Gasteiger partial charge in [-0.25, -0.2) is 0 Å². The second kappa shape index (κ2) is 13.3. The van der Waals surface area contributed by atoms with E-state index < -0.39 is 5.41 Å². The largest absolute Gasteiger partial charge is 0.392 e. The molecule has 1 rings (SSSR count). The third-order valence-electron chi connectivity index (χ3n) is 5.75. The molecule has 158 valence electrons. The fraction of sp³-hybridized carbons (Fsp3) is 0.909. The van der Waals surface area contributed by atoms with E-state index in [0.29, 0.717) is 13.2 Å². The first-order chi connectivity index (χ1) is 13.0. The highest BCUT2D eigenvalue weighted by atomic mass is 16.7. The lowest BCUT2D eigenvalue weighted by Crippen LogP contribution is -2.32. The van der Waals surface area contributed by atoms with Gasteiger partial charge in [-0.2, -0.15) is 0 Å². The number of rotatable bonds is 16. The summed E-state index contributed by atoms with van der Waals surface area (Å²) in [5, 5.41) is 0. The average molecular weight is 385 g/mol. The zero-order valence-electron chi connectivity index (χ0n) is 17.9. The first-order valence-electron chi connectivity index (χ1n) is 11.0. The minimum Gasteiger partial charge on any atom is -0.392 e. The van der Waals surface area contributed by atoms with Gasteiger partial charge in [0.05, 0.1) is 11.3 Å². The molecule has 0 amide bonds. The van der Waals surface area contributed by atoms with Crippen molar-refractivity contribution in [2.45, 2.75) is 105 Å². The van der Waals surface area contributed by atoms with Crippen molar-refractivity contribution >= 4 is 11.9 Å². The van der Waals surface area contributed by atoms with E-state index >= 15 is 0 Å². The molecule has 0 aliphatic carbocycles. The summed E-state index contributed by atoms with van der Waals surface area (Å²) in [4.78, 5) is 24.0. The van der Waals surface area contributed by atoms with E-state index in [9.17, 15) is 9.59 Å². The number of cyclic esters (lactones) is 2. The Morgan fingerprint density at radius 3 is 1.93 bits per heavy atom. The average Bonchev–Trinajstić information content (AvgIpc) is 2.84. The first-order valence-corrected chi connectivity index (χ1v) is 11.0. The Hall–Kier alpha value is -0.940. The molecule has 1 aliphatic rings. The van der Waals surface area contributed by atoms with E-state index in [2.05, 4.69) is 6.92 Å². The van der Waals surface area contributed by atoms with E-state index in [-0.39, 0.29) is 24.1 Å². The van der Waals surface area contributed by atoms with Crippen LogP contribution in [0.25, 0.3) is 0 Å². The second-order valence-corrected chi connectivity index (χ2v) is 7.69. The molecular formula is C22H40O5. The quantitative estimate of drug-likeness (QED) is 0.154. The van der Waals surface area contributed by atoms with Crippen LogP contribution in [0.5, 0.6) is 0 Å². The molecule has 5 heteroatoms. The van der Waals surface area contributed by atoms with Crippen LogP contribution in [0, 0.1) is 11.3 Å². The smallest absolute Gasteiger partial charge is 0.320 e. The van der Waals surface area contributed by atoms with Crippen molar-refractivity contribution in [3.8, 4) is 0 Å². The monoisotopic (exact) mass is 384 g/mol. The second-order valence-electron chi connectivity index (χ2n) is 7.69. The Morgan fingerprint density at radius 2 is 1.44 bits per heavy atom. The van der Waals surface area contributed by atoms with Crippen molar-refractivity contribution in [1.29, 1.82) is 0 Å². The van der Waals surface area contributed by atoms with E-state index in [1.165, 1.54) is 25.7 Å². The Labute approximate surface area is 165 Å². The lowest BCUT2D eigenvalue weighted by molar-refractivity contribution is -0.155. The van der Waals surface area contributed by atoms with Crippen LogP contribution < -0.4 is 0 Å². The summed E-state index contributed by atoms with van der Waals surface area (Å²) in [7, 11) is 0. The topological polar surface area (TPSA) is 61.8 Å². The molecule has 0 spiro atoms. The predicted octanol–water partition coefficient (Wildman–Crippen LogP) is 5.40. The summed E-state index contributed by atoms with van der Waals surface area (Å²) in [6.07, 6.45) is 11.4. The molecule has 1 fully saturated rings. The van der Waals surface area contributed by atoms with Crippen molar-refractivity contribution in [2.75, 3.05) is 13.2 Å². The number of carbonyl (C=O) groups is 2. The number of esters is 2. The number of unbranched alkanes of at least 4 members (excludes halogenated alkanes) is 6. The highest BCUT2D eigenvalue weighted by molar-refractivity contribution is 5.98. The van der Waals surface area contributed by atoms with E-state index in [1.807, 2.05) is 20.8 Å². The first kappa shape index (κ1) is 24.1. The number of hydrogen-bond donors (Lipinski definition) is 0. The van der Waals surface area contributed by atoms with Crippen LogP contribution in [0.3, 0.4) is 0 Å². The zero-order chi connectivity index (χ0) is 20.1. The highest BCUT2D eigenvalue weighted by Crippen LogP contribution is 2.44. The van der Waals surface area contributed by atoms with Gasteiger partial charge in [0.2, 0.25) is 0 Å². The van der Waals surface area contributed by atoms with Gasteiger partial charge in [-0.05, 0) is 39.5 Å². The third kappa shape index (κ3) is 7.53. The maximum absolute atomic E-state index is 12.2. The normalized spacial score (nSPS) is 22.6. The lowest BCUT2D eigenvalue weighted by atomic mass is 9.71. The molecule has 0 N–H and O–H groups in total. The molecule has 1 heterocycles. The van der Waals surface area contributed by atoms with Crippen molar-refractivity contribution in [1.82, 2.24) is 0 Å². The summed E-state index contributed by atoms with van der Waals surface area (Å²) < 4.78 is 16.0. The molecule has 1 aliphatic heterocycles. The predicted molar refractivity (Wildman–Crippen MR) is 106 cm³/mol. The third-order valence-corrected chi connectivity index (χ3v) is 5.75. The SMILES string of the molecule is CCCC1(CCCCCCCCCC(OCC)OCC)C(=O)OC(=O)C1C. The fourth-order valence-corrected chi connectivity index (χ4v) is 4.11. The summed E-state index contributed by atoms with van der Waals surface area (Å²) in [5.41, 5.74) is -0.570. The van der Waals surface area contributed by atoms with Crippen LogP contribution in [0.4, 0.5) is 0 Å². The van der Waals surface area contributed by atoms with E-state index in [1.54, 1.807) is 0 Å². The van der Waals surface area contributed by atoms with Crippen molar-refractivity contribution in [3.63, 3.8) is 0 Å². The van der Waals surface area contributed by atoms with Crippen LogP contribution in [0.2, 0.25) is 0 Å². The van der Waals surface area contributed by atoms with Gasteiger partial charge < -0.3 is 14.2 Å². The highest BCUT2D eigenvalue weighted by Gasteiger charge is 2.53. The Bertz CT molecular complexity index is 430. The molecule has 0 aromatic rings. The van der Waals surface area contributed by atoms with E-state index in [4.69, 9.17) is 14.2 Å². The fourth-order valence-electron chi connectivity index (χ4n) is 4.11. The molecule has 1 saturated heterocycles. The number of hydrogen-bond acceptors (Lipinski definition) is 5. The van der Waals surface area contributed by atoms with Crippen LogP contribution in [-0.2, 0) is 23.8 Å². The molecule has 27 heavy (non-hydrogen) atoms. The molecule has 0 saturated carbocycles. The number of ether oxygens (including phenoxy) is 3. The van der Waals surface area contributed by atoms with Gasteiger partial charge in [-0.3, -0.25) is 9.59 Å². The summed E-state index contributed by atoms with van der Waals surface area (Å²) in [6.45, 7) is 9.30. The molecule has 0 bridgehead atoms. The molecule has 2 unspecified atom stereocenters. The van der Waals surface area contributed by atoms with Crippen LogP contribution >= 0.6 is 0 Å². The van der Waals surface area contributed by atoms with E-state index in [0.717, 1.165) is 44.9 Å². The molecule has 0 aromatic heterocycles. The molecular weight excluding hydrogens is 344 g/mol. The van der Waals surface area contributed by atoms with Crippen molar-refractivity contribution in [3.05, 3.63) is 0 Å². The summed E-state index contributed by atoms with van der Waals surface area (Å²) in [5.74, 6) is -0.931. The van der Waals surface area contributed by atoms with Crippen LogP contribution in [0.1, 0.15) is 98.3 Å². The van der Waals surface area contributed by atoms with Gasteiger partial charge in [0.15, 0.2) is 6.29 Å². The van der Waals surface area contributed by atoms with Crippen molar-refractivity contribution < 1.29 is 23.8 Å². The number of carbonyl (C=O) groups excluding carboxylic acids is 2. The van der Waals surface area contributed by atoms with Gasteiger partial charge in [-0.1, -0.05) is 58.8 Å². The molecule has 0 radical (unpaired) electrons. The van der Waals surface area contributed by atoms with Crippen molar-refractivity contribution in [2.24, 2.45) is 11.3 Å². The van der Waals surface area contributed by atoms with Gasteiger partial charge in [0.25, 0.3) is 0 Å². The Kier molecular flexibility index (Phi) is 11.8. The molecule has 0 aromatic carbocycles. The minimum atomic E-state index is -0.570. The van der Waals surface area contributed by atoms with Gasteiger partial charge in [0, 0.05) is 13.2 Å². The van der Waals surface area contributed by atoms with Gasteiger partial charge in [0.1, 0.15) is 0 Å². The maximum Gasteiger partial charge on any atom is 0.320 e. The van der Waals surface area contributed by atoms with Crippen LogP contribution in [0.15, 0.2) is 0 Å². The van der Waals surface area contributed by atoms with Gasteiger partial charge in [-0.15, -0.1) is 0 Å².